The molecule has 0 saturated heterocycles. The minimum absolute atomic E-state index is 0.433. The summed E-state index contributed by atoms with van der Waals surface area (Å²) in [6, 6.07) is 0. The first-order chi connectivity index (χ1) is 5.90. The van der Waals surface area contributed by atoms with Crippen molar-refractivity contribution < 1.29 is 14.6 Å². The first-order valence-electron chi connectivity index (χ1n) is 4.15. The maximum atomic E-state index is 9.92. The number of hydrogen-bond donors (Lipinski definition) is 2. The Morgan fingerprint density at radius 2 is 1.92 bits per heavy atom. The summed E-state index contributed by atoms with van der Waals surface area (Å²) in [7, 11) is 6.00. The number of aliphatic hydroxyl groups is 1. The average molecular weight is 192 g/mol. The predicted octanol–water partition coefficient (Wildman–Crippen LogP) is 0.378. The zero-order chi connectivity index (χ0) is 10.9. The van der Waals surface area contributed by atoms with Crippen LogP contribution in [0.3, 0.4) is 0 Å². The first-order valence-corrected chi connectivity index (χ1v) is 4.15. The summed E-state index contributed by atoms with van der Waals surface area (Å²) in [4.78, 5) is 11.9. The minimum Gasteiger partial charge on any atom is -0.420 e. The molecule has 13 heavy (non-hydrogen) atoms. The van der Waals surface area contributed by atoms with Gasteiger partial charge in [-0.05, 0) is 21.1 Å². The van der Waals surface area contributed by atoms with Crippen LogP contribution in [0.15, 0.2) is 0 Å². The van der Waals surface area contributed by atoms with Crippen LogP contribution in [-0.2, 0) is 4.74 Å². The van der Waals surface area contributed by atoms with E-state index in [4.69, 9.17) is 5.11 Å². The van der Waals surface area contributed by atoms with Crippen molar-refractivity contribution in [1.82, 2.24) is 4.90 Å². The molecule has 1 unspecified atom stereocenters. The van der Waals surface area contributed by atoms with Gasteiger partial charge in [-0.3, -0.25) is 0 Å². The predicted molar refractivity (Wildman–Crippen MR) is 51.2 cm³/mol. The summed E-state index contributed by atoms with van der Waals surface area (Å²) >= 11 is 0. The number of amides is 1. The van der Waals surface area contributed by atoms with Gasteiger partial charge in [0, 0.05) is 6.42 Å². The van der Waals surface area contributed by atoms with Gasteiger partial charge in [0.2, 0.25) is 6.29 Å². The van der Waals surface area contributed by atoms with Gasteiger partial charge in [-0.25, -0.2) is 4.79 Å². The molecule has 1 amide bonds. The Bertz CT molecular complexity index is 126. The van der Waals surface area contributed by atoms with Crippen molar-refractivity contribution >= 4 is 6.09 Å². The Hall–Kier alpha value is -0.810. The van der Waals surface area contributed by atoms with Crippen molar-refractivity contribution in [2.45, 2.75) is 26.1 Å². The van der Waals surface area contributed by atoms with Gasteiger partial charge in [0.1, 0.15) is 0 Å². The lowest BCUT2D eigenvalue weighted by Gasteiger charge is -2.06. The van der Waals surface area contributed by atoms with Crippen molar-refractivity contribution in [2.75, 3.05) is 21.1 Å². The molecule has 0 aliphatic rings. The van der Waals surface area contributed by atoms with Gasteiger partial charge in [-0.2, -0.15) is 0 Å². The zero-order valence-corrected chi connectivity index (χ0v) is 8.78. The monoisotopic (exact) mass is 192 g/mol. The van der Waals surface area contributed by atoms with Crippen LogP contribution < -0.4 is 5.73 Å². The fourth-order valence-corrected chi connectivity index (χ4v) is 0.440. The fourth-order valence-electron chi connectivity index (χ4n) is 0.440. The molecule has 0 heterocycles. The Labute approximate surface area is 79.5 Å². The lowest BCUT2D eigenvalue weighted by molar-refractivity contribution is -0.0532. The van der Waals surface area contributed by atoms with Crippen molar-refractivity contribution in [3.8, 4) is 0 Å². The van der Waals surface area contributed by atoms with Crippen LogP contribution in [-0.4, -0.2) is 43.5 Å². The quantitative estimate of drug-likeness (QED) is 0.634. The molecule has 80 valence electrons. The summed E-state index contributed by atoms with van der Waals surface area (Å²) in [5, 5.41) is 8.70. The van der Waals surface area contributed by atoms with E-state index in [-0.39, 0.29) is 0 Å². The number of rotatable bonds is 3. The highest BCUT2D eigenvalue weighted by atomic mass is 16.6. The Kier molecular flexibility index (Phi) is 10.5. The van der Waals surface area contributed by atoms with Crippen molar-refractivity contribution in [2.24, 2.45) is 5.73 Å². The van der Waals surface area contributed by atoms with E-state index >= 15 is 0 Å². The normalized spacial score (nSPS) is 11.5. The van der Waals surface area contributed by atoms with Gasteiger partial charge in [0.25, 0.3) is 0 Å². The van der Waals surface area contributed by atoms with Crippen LogP contribution in [0.4, 0.5) is 4.79 Å². The fraction of sp³-hybridized carbons (Fsp3) is 0.875. The van der Waals surface area contributed by atoms with E-state index in [1.807, 2.05) is 33.0 Å². The molecule has 0 rings (SSSR count). The number of nitrogens with two attached hydrogens (primary N) is 1. The summed E-state index contributed by atoms with van der Waals surface area (Å²) in [5.41, 5.74) is 4.60. The van der Waals surface area contributed by atoms with Crippen molar-refractivity contribution in [3.05, 3.63) is 0 Å². The number of nitrogens with zero attached hydrogens (tertiary/aromatic N) is 1. The second-order valence-electron chi connectivity index (χ2n) is 3.02. The molecule has 0 aromatic carbocycles. The molecule has 0 radical (unpaired) electrons. The molecule has 5 heteroatoms. The molecule has 0 aliphatic heterocycles. The van der Waals surface area contributed by atoms with E-state index in [1.165, 1.54) is 0 Å². The van der Waals surface area contributed by atoms with Crippen LogP contribution in [0.1, 0.15) is 19.8 Å². The van der Waals surface area contributed by atoms with Gasteiger partial charge < -0.3 is 20.5 Å². The van der Waals surface area contributed by atoms with Crippen molar-refractivity contribution in [1.29, 1.82) is 0 Å². The molecule has 5 nitrogen and oxygen atoms in total. The average Bonchev–Trinajstić information content (AvgIpc) is 1.83. The van der Waals surface area contributed by atoms with Gasteiger partial charge in [0.05, 0.1) is 0 Å². The van der Waals surface area contributed by atoms with E-state index in [0.29, 0.717) is 6.42 Å². The Balaban J connectivity index is 0. The molecule has 0 saturated carbocycles. The number of primary amides is 1. The Morgan fingerprint density at radius 1 is 1.54 bits per heavy atom. The zero-order valence-electron chi connectivity index (χ0n) is 8.78. The highest BCUT2D eigenvalue weighted by Crippen LogP contribution is 1.96. The van der Waals surface area contributed by atoms with Crippen LogP contribution in [0, 0.1) is 0 Å². The smallest absolute Gasteiger partial charge is 0.406 e. The largest absolute Gasteiger partial charge is 0.420 e. The maximum absolute atomic E-state index is 9.92. The summed E-state index contributed by atoms with van der Waals surface area (Å²) in [5.74, 6) is 0. The number of aliphatic hydroxyl groups excluding tert-OH is 1. The molecule has 0 aromatic heterocycles. The molecule has 1 atom stereocenters. The first kappa shape index (κ1) is 14.7. The molecule has 0 aliphatic carbocycles. The standard InChI is InChI=1S/C5H11NO3.C3H9N/c1-2-3-4(7)9-5(6)8;1-4(2)3/h4,7H,2-3H2,1H3,(H2,6,8);1-3H3. The molecule has 0 fully saturated rings. The molecule has 0 spiro atoms. The summed E-state index contributed by atoms with van der Waals surface area (Å²) in [6.45, 7) is 1.87. The van der Waals surface area contributed by atoms with Gasteiger partial charge in [-0.15, -0.1) is 0 Å². The van der Waals surface area contributed by atoms with Crippen LogP contribution in [0.5, 0.6) is 0 Å². The van der Waals surface area contributed by atoms with E-state index in [2.05, 4.69) is 10.5 Å². The molecular weight excluding hydrogens is 172 g/mol. The second kappa shape index (κ2) is 9.28. The third-order valence-corrected chi connectivity index (χ3v) is 0.788. The maximum Gasteiger partial charge on any atom is 0.406 e. The molecule has 3 N–H and O–H groups in total. The summed E-state index contributed by atoms with van der Waals surface area (Å²) < 4.78 is 4.19. The van der Waals surface area contributed by atoms with E-state index < -0.39 is 12.4 Å². The molecular formula is C8H20N2O3. The molecule has 0 bridgehead atoms. The van der Waals surface area contributed by atoms with E-state index in [9.17, 15) is 4.79 Å². The Morgan fingerprint density at radius 3 is 2.15 bits per heavy atom. The topological polar surface area (TPSA) is 75.8 Å². The van der Waals surface area contributed by atoms with E-state index in [1.54, 1.807) is 0 Å². The highest BCUT2D eigenvalue weighted by Gasteiger charge is 2.04. The number of hydrogen-bond acceptors (Lipinski definition) is 4. The van der Waals surface area contributed by atoms with Gasteiger partial charge in [-0.1, -0.05) is 13.3 Å². The van der Waals surface area contributed by atoms with E-state index in [0.717, 1.165) is 6.42 Å². The number of carbonyl (C=O) groups is 1. The second-order valence-corrected chi connectivity index (χ2v) is 3.02. The summed E-state index contributed by atoms with van der Waals surface area (Å²) in [6.07, 6.45) is -0.777. The van der Waals surface area contributed by atoms with Crippen molar-refractivity contribution in [3.63, 3.8) is 0 Å². The van der Waals surface area contributed by atoms with Gasteiger partial charge >= 0.3 is 6.09 Å². The highest BCUT2D eigenvalue weighted by molar-refractivity contribution is 5.64. The minimum atomic E-state index is -1.03. The lowest BCUT2D eigenvalue weighted by Crippen LogP contribution is -2.21. The van der Waals surface area contributed by atoms with Crippen LogP contribution >= 0.6 is 0 Å². The lowest BCUT2D eigenvalue weighted by atomic mass is 10.3. The third-order valence-electron chi connectivity index (χ3n) is 0.788. The molecule has 0 aromatic rings. The van der Waals surface area contributed by atoms with Crippen LogP contribution in [0.25, 0.3) is 0 Å². The SMILES string of the molecule is CCCC(O)OC(N)=O.CN(C)C. The number of ether oxygens (including phenoxy) is 1. The van der Waals surface area contributed by atoms with Crippen LogP contribution in [0.2, 0.25) is 0 Å². The number of carbonyl (C=O) groups excluding carboxylic acids is 1. The third kappa shape index (κ3) is 24.7. The van der Waals surface area contributed by atoms with Gasteiger partial charge in [0.15, 0.2) is 0 Å².